The van der Waals surface area contributed by atoms with Crippen molar-refractivity contribution in [3.8, 4) is 0 Å². The van der Waals surface area contributed by atoms with Crippen LogP contribution in [0.5, 0.6) is 0 Å². The lowest BCUT2D eigenvalue weighted by molar-refractivity contribution is -0.110. The van der Waals surface area contributed by atoms with E-state index in [-0.39, 0.29) is 11.3 Å². The smallest absolute Gasteiger partial charge is 0.127 e. The molecule has 0 saturated heterocycles. The van der Waals surface area contributed by atoms with Gasteiger partial charge in [-0.1, -0.05) is 62.4 Å². The fourth-order valence-electron chi connectivity index (χ4n) is 3.18. The predicted molar refractivity (Wildman–Crippen MR) is 84.5 cm³/mol. The van der Waals surface area contributed by atoms with Crippen LogP contribution in [0.15, 0.2) is 48.5 Å². The monoisotopic (exact) mass is 264 g/mol. The number of hydrogen-bond acceptors (Lipinski definition) is 1. The van der Waals surface area contributed by atoms with Crippen LogP contribution < -0.4 is 0 Å². The van der Waals surface area contributed by atoms with E-state index in [9.17, 15) is 4.79 Å². The molecule has 102 valence electrons. The Hall–Kier alpha value is -1.89. The second-order valence-corrected chi connectivity index (χ2v) is 6.40. The van der Waals surface area contributed by atoms with Crippen LogP contribution in [0.4, 0.5) is 0 Å². The zero-order valence-electron chi connectivity index (χ0n) is 12.1. The first kappa shape index (κ1) is 13.1. The molecule has 0 amide bonds. The molecule has 1 unspecified atom stereocenters. The zero-order chi connectivity index (χ0) is 14.2. The highest BCUT2D eigenvalue weighted by Gasteiger charge is 2.28. The van der Waals surface area contributed by atoms with Crippen molar-refractivity contribution in [1.29, 1.82) is 0 Å². The minimum Gasteiger partial charge on any atom is -0.303 e. The van der Waals surface area contributed by atoms with Crippen LogP contribution in [0.1, 0.15) is 32.3 Å². The van der Waals surface area contributed by atoms with E-state index >= 15 is 0 Å². The van der Waals surface area contributed by atoms with Gasteiger partial charge in [-0.05, 0) is 40.2 Å². The lowest BCUT2D eigenvalue weighted by atomic mass is 9.73. The van der Waals surface area contributed by atoms with Crippen LogP contribution in [0, 0.1) is 11.3 Å². The number of benzene rings is 2. The maximum atomic E-state index is 11.4. The van der Waals surface area contributed by atoms with E-state index in [1.807, 2.05) is 0 Å². The number of carbonyl (C=O) groups excluding carboxylic acids is 1. The van der Waals surface area contributed by atoms with Gasteiger partial charge in [-0.25, -0.2) is 0 Å². The van der Waals surface area contributed by atoms with Crippen molar-refractivity contribution in [2.24, 2.45) is 11.3 Å². The minimum atomic E-state index is 0.0360. The molecule has 0 N–H and O–H groups in total. The lowest BCUT2D eigenvalue weighted by Crippen LogP contribution is -2.20. The zero-order valence-corrected chi connectivity index (χ0v) is 12.1. The third-order valence-electron chi connectivity index (χ3n) is 4.31. The molecule has 1 atom stereocenters. The molecule has 0 fully saturated rings. The van der Waals surface area contributed by atoms with Crippen molar-refractivity contribution in [2.75, 3.05) is 0 Å². The summed E-state index contributed by atoms with van der Waals surface area (Å²) in [6, 6.07) is 14.8. The second-order valence-electron chi connectivity index (χ2n) is 6.40. The molecule has 0 saturated carbocycles. The second kappa shape index (κ2) is 4.90. The minimum absolute atomic E-state index is 0.0360. The van der Waals surface area contributed by atoms with Crippen LogP contribution in [0.25, 0.3) is 16.3 Å². The maximum Gasteiger partial charge on any atom is 0.127 e. The van der Waals surface area contributed by atoms with Crippen LogP contribution in [-0.2, 0) is 4.79 Å². The largest absolute Gasteiger partial charge is 0.303 e. The van der Waals surface area contributed by atoms with Crippen LogP contribution >= 0.6 is 0 Å². The Morgan fingerprint density at radius 1 is 1.10 bits per heavy atom. The summed E-state index contributed by atoms with van der Waals surface area (Å²) >= 11 is 0. The summed E-state index contributed by atoms with van der Waals surface area (Å²) in [5.74, 6) is 0.0360. The number of hydrogen-bond donors (Lipinski definition) is 0. The summed E-state index contributed by atoms with van der Waals surface area (Å²) in [4.78, 5) is 11.4. The highest BCUT2D eigenvalue weighted by Crippen LogP contribution is 2.41. The standard InChI is InChI=1S/C19H20O/c1-19(2)11-10-15(13-20)18(12-19)17-9-5-7-14-6-3-4-8-16(14)17/h3-9,12-13,15H,10-11H2,1-2H3. The van der Waals surface area contributed by atoms with Crippen molar-refractivity contribution in [1.82, 2.24) is 0 Å². The van der Waals surface area contributed by atoms with Crippen molar-refractivity contribution in [3.63, 3.8) is 0 Å². The highest BCUT2D eigenvalue weighted by molar-refractivity contribution is 5.97. The van der Waals surface area contributed by atoms with Gasteiger partial charge in [-0.15, -0.1) is 0 Å². The first-order valence-corrected chi connectivity index (χ1v) is 7.27. The van der Waals surface area contributed by atoms with Crippen molar-refractivity contribution >= 4 is 22.6 Å². The van der Waals surface area contributed by atoms with Crippen molar-refractivity contribution in [3.05, 3.63) is 54.1 Å². The number of aldehydes is 1. The Kier molecular flexibility index (Phi) is 3.21. The van der Waals surface area contributed by atoms with Crippen LogP contribution in [0.3, 0.4) is 0 Å². The lowest BCUT2D eigenvalue weighted by Gasteiger charge is -2.31. The molecule has 1 nitrogen and oxygen atoms in total. The summed E-state index contributed by atoms with van der Waals surface area (Å²) in [7, 11) is 0. The number of fused-ring (bicyclic) bond motifs is 1. The molecule has 20 heavy (non-hydrogen) atoms. The van der Waals surface area contributed by atoms with Crippen molar-refractivity contribution < 1.29 is 4.79 Å². The van der Waals surface area contributed by atoms with Gasteiger partial charge in [0.15, 0.2) is 0 Å². The first-order valence-electron chi connectivity index (χ1n) is 7.27. The molecule has 0 bridgehead atoms. The SMILES string of the molecule is CC1(C)C=C(c2cccc3ccccc23)C(C=O)CC1. The Bertz CT molecular complexity index is 674. The van der Waals surface area contributed by atoms with Gasteiger partial charge in [0.1, 0.15) is 6.29 Å². The van der Waals surface area contributed by atoms with E-state index in [0.29, 0.717) is 0 Å². The van der Waals surface area contributed by atoms with Gasteiger partial charge in [-0.2, -0.15) is 0 Å². The summed E-state index contributed by atoms with van der Waals surface area (Å²) in [5.41, 5.74) is 2.59. The first-order chi connectivity index (χ1) is 9.61. The average molecular weight is 264 g/mol. The topological polar surface area (TPSA) is 17.1 Å². The van der Waals surface area contributed by atoms with E-state index in [2.05, 4.69) is 62.4 Å². The fraction of sp³-hybridized carbons (Fsp3) is 0.316. The number of carbonyl (C=O) groups is 1. The van der Waals surface area contributed by atoms with E-state index < -0.39 is 0 Å². The van der Waals surface area contributed by atoms with Gasteiger partial charge >= 0.3 is 0 Å². The summed E-state index contributed by atoms with van der Waals surface area (Å²) in [5, 5.41) is 2.48. The van der Waals surface area contributed by atoms with Crippen LogP contribution in [0.2, 0.25) is 0 Å². The Morgan fingerprint density at radius 3 is 2.65 bits per heavy atom. The molecule has 1 heteroatoms. The van der Waals surface area contributed by atoms with E-state index in [1.165, 1.54) is 21.9 Å². The summed E-state index contributed by atoms with van der Waals surface area (Å²) in [6.45, 7) is 4.50. The average Bonchev–Trinajstić information content (AvgIpc) is 2.46. The number of allylic oxidation sites excluding steroid dienone is 2. The van der Waals surface area contributed by atoms with E-state index in [0.717, 1.165) is 19.1 Å². The molecular formula is C19H20O. The van der Waals surface area contributed by atoms with Gasteiger partial charge in [0.25, 0.3) is 0 Å². The van der Waals surface area contributed by atoms with Gasteiger partial charge in [0.05, 0.1) is 0 Å². The van der Waals surface area contributed by atoms with E-state index in [4.69, 9.17) is 0 Å². The van der Waals surface area contributed by atoms with Gasteiger partial charge in [-0.3, -0.25) is 0 Å². The molecule has 0 radical (unpaired) electrons. The van der Waals surface area contributed by atoms with Gasteiger partial charge in [0.2, 0.25) is 0 Å². The molecule has 0 aromatic heterocycles. The molecule has 0 heterocycles. The number of rotatable bonds is 2. The van der Waals surface area contributed by atoms with Gasteiger partial charge in [0, 0.05) is 5.92 Å². The predicted octanol–water partition coefficient (Wildman–Crippen LogP) is 4.86. The molecule has 2 aromatic rings. The normalized spacial score (nSPS) is 21.5. The summed E-state index contributed by atoms with van der Waals surface area (Å²) < 4.78 is 0. The molecule has 0 spiro atoms. The molecular weight excluding hydrogens is 244 g/mol. The molecule has 2 aromatic carbocycles. The van der Waals surface area contributed by atoms with Crippen molar-refractivity contribution in [2.45, 2.75) is 26.7 Å². The fourth-order valence-corrected chi connectivity index (χ4v) is 3.18. The maximum absolute atomic E-state index is 11.4. The molecule has 1 aliphatic carbocycles. The third-order valence-corrected chi connectivity index (χ3v) is 4.31. The molecule has 0 aliphatic heterocycles. The molecule has 3 rings (SSSR count). The Morgan fingerprint density at radius 2 is 1.85 bits per heavy atom. The summed E-state index contributed by atoms with van der Waals surface area (Å²) in [6.07, 6.45) is 5.44. The third kappa shape index (κ3) is 2.29. The Labute approximate surface area is 120 Å². The highest BCUT2D eigenvalue weighted by atomic mass is 16.1. The molecule has 1 aliphatic rings. The van der Waals surface area contributed by atoms with Gasteiger partial charge < -0.3 is 4.79 Å². The van der Waals surface area contributed by atoms with Crippen LogP contribution in [-0.4, -0.2) is 6.29 Å². The Balaban J connectivity index is 2.22. The van der Waals surface area contributed by atoms with E-state index in [1.54, 1.807) is 0 Å². The quantitative estimate of drug-likeness (QED) is 0.708.